The standard InChI is InChI=1S/C2H8N2.4C2H4O2.2Na.H2O/c3-1-2-4;4*1-2(3)4;;;/h1-4H2;4*1H3,(H,3,4);;;1H2/q;;;;;2*+1;/p-4. The summed E-state index contributed by atoms with van der Waals surface area (Å²) in [6.45, 7) is 5.08. The van der Waals surface area contributed by atoms with Crippen LogP contribution in [0, 0.1) is 0 Å². The number of nitrogens with two attached hydrogens (primary N) is 2. The van der Waals surface area contributed by atoms with Crippen LogP contribution >= 0.6 is 0 Å². The van der Waals surface area contributed by atoms with Crippen molar-refractivity contribution in [2.24, 2.45) is 11.5 Å². The second-order valence-corrected chi connectivity index (χ2v) is 2.54. The first kappa shape index (κ1) is 49.5. The summed E-state index contributed by atoms with van der Waals surface area (Å²) in [5.74, 6) is -4.33. The van der Waals surface area contributed by atoms with E-state index >= 15 is 0 Å². The van der Waals surface area contributed by atoms with E-state index in [4.69, 9.17) is 51.1 Å². The third-order valence-corrected chi connectivity index (χ3v) is 0.167. The van der Waals surface area contributed by atoms with E-state index in [-0.39, 0.29) is 64.6 Å². The predicted octanol–water partition coefficient (Wildman–Crippen LogP) is -12.9. The van der Waals surface area contributed by atoms with Crippen molar-refractivity contribution in [3.8, 4) is 0 Å². The first-order valence-electron chi connectivity index (χ1n) is 4.95. The Hall–Kier alpha value is -0.240. The summed E-state index contributed by atoms with van der Waals surface area (Å²) in [6, 6.07) is 0. The molecule has 0 unspecified atom stereocenters. The van der Waals surface area contributed by atoms with Crippen LogP contribution in [-0.2, 0) is 19.2 Å². The van der Waals surface area contributed by atoms with Crippen molar-refractivity contribution >= 4 is 23.9 Å². The normalized spacial score (nSPS) is 5.65. The van der Waals surface area contributed by atoms with Crippen molar-refractivity contribution in [3.05, 3.63) is 0 Å². The van der Waals surface area contributed by atoms with Crippen LogP contribution in [0.5, 0.6) is 0 Å². The Bertz CT molecular complexity index is 201. The Morgan fingerprint density at radius 1 is 0.609 bits per heavy atom. The SMILES string of the molecule is CC(=O)[O-].CC(=O)[O-].CC(=O)[O-].CC(=O)[O-].NCCN.O.[Na+].[Na+]. The van der Waals surface area contributed by atoms with Gasteiger partial charge in [-0.2, -0.15) is 0 Å². The molecular formula is C10H22N2Na2O9-2. The van der Waals surface area contributed by atoms with Crippen LogP contribution in [-0.4, -0.2) is 42.4 Å². The molecule has 0 aromatic carbocycles. The Labute approximate surface area is 179 Å². The summed E-state index contributed by atoms with van der Waals surface area (Å²) in [4.78, 5) is 35.6. The molecule has 0 heterocycles. The van der Waals surface area contributed by atoms with Crippen LogP contribution in [0.2, 0.25) is 0 Å². The zero-order valence-corrected chi connectivity index (χ0v) is 18.3. The summed E-state index contributed by atoms with van der Waals surface area (Å²) >= 11 is 0. The molecule has 0 aromatic rings. The van der Waals surface area contributed by atoms with Crippen LogP contribution in [0.25, 0.3) is 0 Å². The van der Waals surface area contributed by atoms with E-state index in [1.807, 2.05) is 0 Å². The molecule has 0 aromatic heterocycles. The molecule has 0 atom stereocenters. The fourth-order valence-corrected chi connectivity index (χ4v) is 0. The summed E-state index contributed by atoms with van der Waals surface area (Å²) in [5, 5.41) is 35.6. The van der Waals surface area contributed by atoms with Crippen molar-refractivity contribution in [1.29, 1.82) is 0 Å². The number of carboxylic acid groups (broad SMARTS) is 4. The Morgan fingerprint density at radius 2 is 0.652 bits per heavy atom. The average Bonchev–Trinajstić information content (AvgIpc) is 2.13. The molecule has 0 fully saturated rings. The minimum atomic E-state index is -1.08. The van der Waals surface area contributed by atoms with Crippen molar-refractivity contribution in [2.75, 3.05) is 13.1 Å². The van der Waals surface area contributed by atoms with E-state index in [0.717, 1.165) is 27.7 Å². The van der Waals surface area contributed by atoms with E-state index in [1.54, 1.807) is 0 Å². The van der Waals surface area contributed by atoms with Crippen molar-refractivity contribution in [2.45, 2.75) is 27.7 Å². The molecule has 0 saturated carbocycles. The van der Waals surface area contributed by atoms with Gasteiger partial charge in [-0.3, -0.25) is 0 Å². The third-order valence-electron chi connectivity index (χ3n) is 0.167. The minimum Gasteiger partial charge on any atom is -0.550 e. The number of carboxylic acids is 4. The molecule has 0 saturated heterocycles. The number of hydrogen-bond acceptors (Lipinski definition) is 10. The number of aliphatic carboxylic acids is 4. The summed E-state index contributed by atoms with van der Waals surface area (Å²) in [5.41, 5.74) is 9.81. The molecule has 0 amide bonds. The van der Waals surface area contributed by atoms with E-state index in [9.17, 15) is 0 Å². The van der Waals surface area contributed by atoms with Crippen LogP contribution in [0.3, 0.4) is 0 Å². The topological polar surface area (TPSA) is 244 Å². The first-order chi connectivity index (χ1) is 8.84. The van der Waals surface area contributed by atoms with Crippen molar-refractivity contribution in [3.63, 3.8) is 0 Å². The summed E-state index contributed by atoms with van der Waals surface area (Å²) in [7, 11) is 0. The molecular weight excluding hydrogens is 338 g/mol. The van der Waals surface area contributed by atoms with Gasteiger partial charge in [0, 0.05) is 37.0 Å². The maximum absolute atomic E-state index is 8.89. The van der Waals surface area contributed by atoms with E-state index in [1.165, 1.54) is 0 Å². The van der Waals surface area contributed by atoms with Gasteiger partial charge >= 0.3 is 59.1 Å². The van der Waals surface area contributed by atoms with Gasteiger partial charge in [0.25, 0.3) is 0 Å². The van der Waals surface area contributed by atoms with E-state index < -0.39 is 23.9 Å². The van der Waals surface area contributed by atoms with Gasteiger partial charge in [0.05, 0.1) is 0 Å². The minimum absolute atomic E-state index is 0. The zero-order chi connectivity index (χ0) is 17.7. The third kappa shape index (κ3) is 14700. The van der Waals surface area contributed by atoms with Crippen LogP contribution < -0.4 is 91.0 Å². The second-order valence-electron chi connectivity index (χ2n) is 2.54. The van der Waals surface area contributed by atoms with Gasteiger partial charge in [0.15, 0.2) is 0 Å². The molecule has 23 heavy (non-hydrogen) atoms. The quantitative estimate of drug-likeness (QED) is 0.418. The molecule has 0 radical (unpaired) electrons. The van der Waals surface area contributed by atoms with Crippen LogP contribution in [0.1, 0.15) is 27.7 Å². The molecule has 0 aliphatic heterocycles. The molecule has 0 rings (SSSR count). The molecule has 0 aliphatic carbocycles. The first-order valence-corrected chi connectivity index (χ1v) is 4.95. The van der Waals surface area contributed by atoms with Gasteiger partial charge < -0.3 is 56.5 Å². The molecule has 11 nitrogen and oxygen atoms in total. The fraction of sp³-hybridized carbons (Fsp3) is 0.600. The van der Waals surface area contributed by atoms with Gasteiger partial charge in [-0.25, -0.2) is 0 Å². The molecule has 0 bridgehead atoms. The number of rotatable bonds is 1. The summed E-state index contributed by atoms with van der Waals surface area (Å²) in [6.07, 6.45) is 0. The van der Waals surface area contributed by atoms with E-state index in [2.05, 4.69) is 0 Å². The molecule has 130 valence electrons. The van der Waals surface area contributed by atoms with Gasteiger partial charge in [0.1, 0.15) is 0 Å². The van der Waals surface area contributed by atoms with Crippen LogP contribution in [0.4, 0.5) is 0 Å². The van der Waals surface area contributed by atoms with Crippen LogP contribution in [0.15, 0.2) is 0 Å². The number of carbonyl (C=O) groups is 4. The van der Waals surface area contributed by atoms with E-state index in [0.29, 0.717) is 13.1 Å². The largest absolute Gasteiger partial charge is 1.00 e. The summed E-state index contributed by atoms with van der Waals surface area (Å²) < 4.78 is 0. The second kappa shape index (κ2) is 49.5. The van der Waals surface area contributed by atoms with Gasteiger partial charge in [0.2, 0.25) is 0 Å². The zero-order valence-electron chi connectivity index (χ0n) is 14.3. The van der Waals surface area contributed by atoms with Crippen molar-refractivity contribution in [1.82, 2.24) is 0 Å². The molecule has 13 heteroatoms. The number of hydrogen-bond donors (Lipinski definition) is 2. The molecule has 0 spiro atoms. The Kier molecular flexibility index (Phi) is 107. The smallest absolute Gasteiger partial charge is 0.550 e. The maximum atomic E-state index is 8.89. The molecule has 0 aliphatic rings. The van der Waals surface area contributed by atoms with Gasteiger partial charge in [-0.15, -0.1) is 0 Å². The van der Waals surface area contributed by atoms with Crippen molar-refractivity contribution < 1.29 is 104 Å². The fourth-order valence-electron chi connectivity index (χ4n) is 0. The monoisotopic (exact) mass is 360 g/mol. The maximum Gasteiger partial charge on any atom is 1.00 e. The predicted molar refractivity (Wildman–Crippen MR) is 64.4 cm³/mol. The molecule has 6 N–H and O–H groups in total. The van der Waals surface area contributed by atoms with Gasteiger partial charge in [-0.05, 0) is 27.7 Å². The van der Waals surface area contributed by atoms with Gasteiger partial charge in [-0.1, -0.05) is 0 Å². The Balaban J connectivity index is -0.0000000197. The number of carbonyl (C=O) groups excluding carboxylic acids is 4. The average molecular weight is 360 g/mol. The Morgan fingerprint density at radius 3 is 0.652 bits per heavy atom.